The minimum Gasteiger partial charge on any atom is -0.469 e. The number of hydrogen-bond donors (Lipinski definition) is 0. The molecule has 0 N–H and O–H groups in total. The molecule has 0 fully saturated rings. The monoisotopic (exact) mass is 363 g/mol. The second-order valence-corrected chi connectivity index (χ2v) is 6.43. The van der Waals surface area contributed by atoms with E-state index in [2.05, 4.69) is 16.8 Å². The largest absolute Gasteiger partial charge is 0.469 e. The molecular weight excluding hydrogens is 349 g/mol. The molecule has 3 rings (SSSR count). The zero-order chi connectivity index (χ0) is 17.1. The van der Waals surface area contributed by atoms with Gasteiger partial charge in [0.2, 0.25) is 0 Å². The van der Waals surface area contributed by atoms with Crippen LogP contribution in [0.25, 0.3) is 11.4 Å². The molecule has 24 heavy (non-hydrogen) atoms. The van der Waals surface area contributed by atoms with Gasteiger partial charge < -0.3 is 4.42 Å². The average Bonchev–Trinajstić information content (AvgIpc) is 3.14. The minimum atomic E-state index is -0.323. The molecule has 0 unspecified atom stereocenters. The smallest absolute Gasteiger partial charge is 0.192 e. The maximum Gasteiger partial charge on any atom is 0.192 e. The van der Waals surface area contributed by atoms with Crippen molar-refractivity contribution in [3.05, 3.63) is 65.3 Å². The molecule has 0 atom stereocenters. The van der Waals surface area contributed by atoms with E-state index in [0.717, 1.165) is 11.3 Å². The maximum atomic E-state index is 13.9. The summed E-state index contributed by atoms with van der Waals surface area (Å²) in [5.74, 6) is 1.51. The maximum absolute atomic E-state index is 13.9. The van der Waals surface area contributed by atoms with E-state index in [1.165, 1.54) is 17.8 Å². The van der Waals surface area contributed by atoms with Crippen LogP contribution in [0.3, 0.4) is 0 Å². The standard InChI is InChI=1S/C17H15ClFN3OS/c1-3-8-22-16(12-7-9-23-11(12)2)20-21-17(22)24-10-13-14(18)5-4-6-15(13)19/h3-7,9H,1,8,10H2,2H3. The normalized spacial score (nSPS) is 11.0. The number of halogens is 2. The average molecular weight is 364 g/mol. The van der Waals surface area contributed by atoms with E-state index in [1.54, 1.807) is 24.5 Å². The highest BCUT2D eigenvalue weighted by atomic mass is 35.5. The Kier molecular flexibility index (Phi) is 5.06. The molecular formula is C17H15ClFN3OS. The summed E-state index contributed by atoms with van der Waals surface area (Å²) in [4.78, 5) is 0. The summed E-state index contributed by atoms with van der Waals surface area (Å²) in [5.41, 5.74) is 1.33. The Morgan fingerprint density at radius 1 is 1.38 bits per heavy atom. The van der Waals surface area contributed by atoms with Crippen LogP contribution in [0.2, 0.25) is 5.02 Å². The first-order valence-electron chi connectivity index (χ1n) is 7.26. The fourth-order valence-electron chi connectivity index (χ4n) is 2.31. The molecule has 0 aliphatic carbocycles. The van der Waals surface area contributed by atoms with Gasteiger partial charge in [0.1, 0.15) is 11.6 Å². The molecule has 2 aromatic heterocycles. The van der Waals surface area contributed by atoms with Crippen molar-refractivity contribution < 1.29 is 8.81 Å². The quantitative estimate of drug-likeness (QED) is 0.450. The predicted molar refractivity (Wildman–Crippen MR) is 93.6 cm³/mol. The third-order valence-electron chi connectivity index (χ3n) is 3.54. The number of allylic oxidation sites excluding steroid dienone is 1. The Bertz CT molecular complexity index is 854. The number of hydrogen-bond acceptors (Lipinski definition) is 4. The Balaban J connectivity index is 1.90. The zero-order valence-corrected chi connectivity index (χ0v) is 14.6. The molecule has 124 valence electrons. The van der Waals surface area contributed by atoms with Gasteiger partial charge in [-0.05, 0) is 25.1 Å². The van der Waals surface area contributed by atoms with E-state index in [4.69, 9.17) is 16.0 Å². The molecule has 1 aromatic carbocycles. The summed E-state index contributed by atoms with van der Waals surface area (Å²) in [6, 6.07) is 6.51. The molecule has 0 aliphatic heterocycles. The molecule has 2 heterocycles. The predicted octanol–water partition coefficient (Wildman–Crippen LogP) is 5.12. The Hall–Kier alpha value is -2.05. The van der Waals surface area contributed by atoms with Crippen molar-refractivity contribution in [3.63, 3.8) is 0 Å². The van der Waals surface area contributed by atoms with Crippen molar-refractivity contribution >= 4 is 23.4 Å². The van der Waals surface area contributed by atoms with E-state index in [-0.39, 0.29) is 5.82 Å². The highest BCUT2D eigenvalue weighted by molar-refractivity contribution is 7.98. The van der Waals surface area contributed by atoms with Gasteiger partial charge in [0, 0.05) is 22.9 Å². The summed E-state index contributed by atoms with van der Waals surface area (Å²) in [6.07, 6.45) is 3.38. The molecule has 0 aliphatic rings. The number of aromatic nitrogens is 3. The van der Waals surface area contributed by atoms with Gasteiger partial charge in [-0.25, -0.2) is 4.39 Å². The molecule has 0 saturated heterocycles. The minimum absolute atomic E-state index is 0.323. The Morgan fingerprint density at radius 3 is 2.88 bits per heavy atom. The fourth-order valence-corrected chi connectivity index (χ4v) is 3.60. The van der Waals surface area contributed by atoms with E-state index < -0.39 is 0 Å². The molecule has 3 aromatic rings. The Morgan fingerprint density at radius 2 is 2.21 bits per heavy atom. The van der Waals surface area contributed by atoms with Crippen molar-refractivity contribution in [3.8, 4) is 11.4 Å². The van der Waals surface area contributed by atoms with Crippen molar-refractivity contribution in [1.82, 2.24) is 14.8 Å². The highest BCUT2D eigenvalue weighted by Gasteiger charge is 2.17. The third-order valence-corrected chi connectivity index (χ3v) is 4.88. The molecule has 0 spiro atoms. The van der Waals surface area contributed by atoms with Crippen LogP contribution in [0.1, 0.15) is 11.3 Å². The van der Waals surface area contributed by atoms with Crippen LogP contribution in [-0.4, -0.2) is 14.8 Å². The van der Waals surface area contributed by atoms with E-state index >= 15 is 0 Å². The lowest BCUT2D eigenvalue weighted by Gasteiger charge is -2.08. The van der Waals surface area contributed by atoms with Gasteiger partial charge >= 0.3 is 0 Å². The van der Waals surface area contributed by atoms with Crippen LogP contribution in [0.5, 0.6) is 0 Å². The van der Waals surface area contributed by atoms with Gasteiger partial charge in [-0.15, -0.1) is 16.8 Å². The van der Waals surface area contributed by atoms with Gasteiger partial charge in [0.05, 0.1) is 11.8 Å². The summed E-state index contributed by atoms with van der Waals surface area (Å²) < 4.78 is 21.2. The number of rotatable bonds is 6. The molecule has 0 saturated carbocycles. The molecule has 0 amide bonds. The molecule has 0 radical (unpaired) electrons. The van der Waals surface area contributed by atoms with Crippen LogP contribution in [0.4, 0.5) is 4.39 Å². The summed E-state index contributed by atoms with van der Waals surface area (Å²) in [7, 11) is 0. The second kappa shape index (κ2) is 7.23. The second-order valence-electron chi connectivity index (χ2n) is 5.08. The number of benzene rings is 1. The van der Waals surface area contributed by atoms with Crippen LogP contribution in [-0.2, 0) is 12.3 Å². The van der Waals surface area contributed by atoms with Gasteiger partial charge in [0.15, 0.2) is 11.0 Å². The zero-order valence-electron chi connectivity index (χ0n) is 13.0. The van der Waals surface area contributed by atoms with Crippen molar-refractivity contribution in [2.75, 3.05) is 0 Å². The first-order chi connectivity index (χ1) is 11.6. The Labute approximate surface area is 148 Å². The van der Waals surface area contributed by atoms with Crippen LogP contribution in [0.15, 0.2) is 52.8 Å². The molecule has 7 heteroatoms. The first-order valence-corrected chi connectivity index (χ1v) is 8.62. The lowest BCUT2D eigenvalue weighted by Crippen LogP contribution is -2.01. The summed E-state index contributed by atoms with van der Waals surface area (Å²) in [5, 5.41) is 9.56. The lowest BCUT2D eigenvalue weighted by molar-refractivity contribution is 0.534. The summed E-state index contributed by atoms with van der Waals surface area (Å²) in [6.45, 7) is 6.19. The number of nitrogens with zero attached hydrogens (tertiary/aromatic N) is 3. The van der Waals surface area contributed by atoms with Crippen molar-refractivity contribution in [1.29, 1.82) is 0 Å². The van der Waals surface area contributed by atoms with Gasteiger partial charge in [-0.1, -0.05) is 35.5 Å². The van der Waals surface area contributed by atoms with Gasteiger partial charge in [-0.3, -0.25) is 4.57 Å². The van der Waals surface area contributed by atoms with Crippen LogP contribution < -0.4 is 0 Å². The van der Waals surface area contributed by atoms with E-state index in [0.29, 0.717) is 33.9 Å². The van der Waals surface area contributed by atoms with Crippen LogP contribution >= 0.6 is 23.4 Å². The molecule has 0 bridgehead atoms. The van der Waals surface area contributed by atoms with Crippen LogP contribution in [0, 0.1) is 12.7 Å². The fraction of sp³-hybridized carbons (Fsp3) is 0.176. The van der Waals surface area contributed by atoms with E-state index in [9.17, 15) is 4.39 Å². The molecule has 4 nitrogen and oxygen atoms in total. The first kappa shape index (κ1) is 16.8. The topological polar surface area (TPSA) is 43.9 Å². The van der Waals surface area contributed by atoms with Crippen molar-refractivity contribution in [2.45, 2.75) is 24.4 Å². The van der Waals surface area contributed by atoms with Crippen molar-refractivity contribution in [2.24, 2.45) is 0 Å². The number of aryl methyl sites for hydroxylation is 1. The SMILES string of the molecule is C=CCn1c(SCc2c(F)cccc2Cl)nnc1-c1ccoc1C. The highest BCUT2D eigenvalue weighted by Crippen LogP contribution is 2.31. The number of furan rings is 1. The number of thioether (sulfide) groups is 1. The third kappa shape index (κ3) is 3.25. The van der Waals surface area contributed by atoms with Gasteiger partial charge in [0.25, 0.3) is 0 Å². The van der Waals surface area contributed by atoms with E-state index in [1.807, 2.05) is 17.6 Å². The summed E-state index contributed by atoms with van der Waals surface area (Å²) >= 11 is 7.46. The van der Waals surface area contributed by atoms with Gasteiger partial charge in [-0.2, -0.15) is 0 Å². The lowest BCUT2D eigenvalue weighted by atomic mass is 10.2.